The van der Waals surface area contributed by atoms with Crippen molar-refractivity contribution in [1.29, 1.82) is 0 Å². The summed E-state index contributed by atoms with van der Waals surface area (Å²) in [5, 5.41) is 2.96. The Hall–Kier alpha value is -10.5. The Morgan fingerprint density at radius 3 is 1.49 bits per heavy atom. The van der Waals surface area contributed by atoms with Crippen molar-refractivity contribution in [2.75, 3.05) is 27.1 Å². The van der Waals surface area contributed by atoms with E-state index in [1.54, 1.807) is 116 Å². The van der Waals surface area contributed by atoms with Crippen LogP contribution in [-0.4, -0.2) is 71.1 Å². The van der Waals surface area contributed by atoms with Gasteiger partial charge in [0.1, 0.15) is 5.75 Å². The lowest BCUT2D eigenvalue weighted by atomic mass is 9.71. The molecule has 16 nitrogen and oxygen atoms in total. The fraction of sp³-hybridized carbons (Fsp3) is 0.263. The van der Waals surface area contributed by atoms with Crippen molar-refractivity contribution < 1.29 is 52.7 Å². The third-order valence-corrected chi connectivity index (χ3v) is 19.8. The molecule has 4 heterocycles. The summed E-state index contributed by atoms with van der Waals surface area (Å²) in [5.74, 6) is -8.96. The predicted octanol–water partition coefficient (Wildman–Crippen LogP) is 12.0. The second-order valence-corrected chi connectivity index (χ2v) is 25.6. The fourth-order valence-corrected chi connectivity index (χ4v) is 14.6. The van der Waals surface area contributed by atoms with E-state index >= 15 is 0 Å². The van der Waals surface area contributed by atoms with Gasteiger partial charge in [-0.2, -0.15) is 0 Å². The van der Waals surface area contributed by atoms with Gasteiger partial charge in [-0.3, -0.25) is 53.0 Å². The van der Waals surface area contributed by atoms with Crippen LogP contribution < -0.4 is 24.8 Å². The Morgan fingerprint density at radius 2 is 0.957 bits per heavy atom. The van der Waals surface area contributed by atoms with Crippen molar-refractivity contribution in [3.05, 3.63) is 219 Å². The summed E-state index contributed by atoms with van der Waals surface area (Å²) in [6, 6.07) is 44.6. The number of likely N-dealkylation sites (tertiary alicyclic amines) is 1. The van der Waals surface area contributed by atoms with Crippen molar-refractivity contribution in [3.63, 3.8) is 0 Å². The Labute approximate surface area is 532 Å². The summed E-state index contributed by atoms with van der Waals surface area (Å²) in [4.78, 5) is 145. The highest BCUT2D eigenvalue weighted by Crippen LogP contribution is 2.49. The molecule has 462 valence electrons. The SMILES string of the molecule is CC1=CC(C2CC(=O)N(C)C2=O)CC2C(=O)N(c3cccc(-c4cc(C(=O)Nc5ccc(OC(=O)c6cc(C)c(C)c(C)c6)cc5)cc(-c5cccc(N6C(=O)CC(C7C=C(C)C8C(=O)N(c9ccc(Cc%10ccc(C)cc%10)cc9)C(=O)C8C7)C6=O)c5)c4)c3)C(=O)C12. The number of nitrogens with one attached hydrogen (secondary N) is 1. The molecular weight excluding hydrogens is 1160 g/mol. The van der Waals surface area contributed by atoms with Crippen LogP contribution >= 0.6 is 0 Å². The van der Waals surface area contributed by atoms with Crippen LogP contribution in [0.2, 0.25) is 0 Å². The summed E-state index contributed by atoms with van der Waals surface area (Å²) in [6.45, 7) is 11.5. The number of amides is 9. The van der Waals surface area contributed by atoms with Gasteiger partial charge in [0.25, 0.3) is 5.91 Å². The molecule has 1 N–H and O–H groups in total. The number of hydrogen-bond donors (Lipinski definition) is 1. The maximum atomic E-state index is 14.8. The zero-order valence-corrected chi connectivity index (χ0v) is 52.0. The van der Waals surface area contributed by atoms with E-state index in [-0.39, 0.29) is 60.6 Å². The Bertz CT molecular complexity index is 4390. The van der Waals surface area contributed by atoms with Crippen molar-refractivity contribution in [2.45, 2.75) is 73.6 Å². The molecule has 0 bridgehead atoms. The second-order valence-electron chi connectivity index (χ2n) is 25.6. The number of carbonyl (C=O) groups excluding carboxylic acids is 10. The van der Waals surface area contributed by atoms with Crippen LogP contribution in [0.5, 0.6) is 5.75 Å². The van der Waals surface area contributed by atoms with E-state index < -0.39 is 82.8 Å². The third kappa shape index (κ3) is 11.0. The van der Waals surface area contributed by atoms with Crippen LogP contribution in [0.1, 0.15) is 93.6 Å². The monoisotopic (exact) mass is 1230 g/mol. The number of anilines is 4. The summed E-state index contributed by atoms with van der Waals surface area (Å²) in [6.07, 6.45) is 4.80. The number of aryl methyl sites for hydroxylation is 3. The average Bonchev–Trinajstić information content (AvgIpc) is 1.58. The van der Waals surface area contributed by atoms with Crippen LogP contribution in [0.25, 0.3) is 22.3 Å². The van der Waals surface area contributed by atoms with Gasteiger partial charge in [-0.25, -0.2) is 14.6 Å². The van der Waals surface area contributed by atoms with E-state index in [1.165, 1.54) is 27.3 Å². The molecule has 4 fully saturated rings. The smallest absolute Gasteiger partial charge is 0.343 e. The van der Waals surface area contributed by atoms with Crippen LogP contribution in [0.3, 0.4) is 0 Å². The van der Waals surface area contributed by atoms with Crippen LogP contribution in [-0.2, 0) is 44.8 Å². The second kappa shape index (κ2) is 23.7. The topological polar surface area (TPSA) is 205 Å². The van der Waals surface area contributed by atoms with Gasteiger partial charge >= 0.3 is 5.97 Å². The molecule has 0 radical (unpaired) electrons. The molecule has 8 unspecified atom stereocenters. The predicted molar refractivity (Wildman–Crippen MR) is 347 cm³/mol. The van der Waals surface area contributed by atoms with Gasteiger partial charge < -0.3 is 10.1 Å². The standard InChI is InChI=1S/C76H67N5O11/c1-40-14-16-46(17-15-40)30-47-18-22-57(23-19-47)80-72(87)63-37-53(29-44(5)67(63)74(80)89)62-39-66(83)79(71(62)86)58-12-8-10-48(34-58)50-31-51(33-54(32-50)69(84)77-56-20-24-60(25-21-56)92-76(91)55-26-41(2)45(6)42(3)27-55)49-11-9-13-59(35-49)81-73(88)64-36-52(28-43(4)68(64)75(81)90)61-38-65(82)78(7)70(61)85/h8-29,31-35,52-53,61-64,67-68H,30,36-39H2,1-7H3,(H,77,84). The van der Waals surface area contributed by atoms with Gasteiger partial charge in [-0.15, -0.1) is 0 Å². The molecule has 0 saturated carbocycles. The van der Waals surface area contributed by atoms with Gasteiger partial charge in [0.15, 0.2) is 0 Å². The lowest BCUT2D eigenvalue weighted by molar-refractivity contribution is -0.138. The number of carbonyl (C=O) groups is 10. The number of benzene rings is 7. The number of hydrogen-bond acceptors (Lipinski definition) is 11. The summed E-state index contributed by atoms with van der Waals surface area (Å²) >= 11 is 0. The number of allylic oxidation sites excluding steroid dienone is 2. The normalized spacial score (nSPS) is 22.9. The maximum absolute atomic E-state index is 14.8. The highest BCUT2D eigenvalue weighted by Gasteiger charge is 2.55. The van der Waals surface area contributed by atoms with Crippen LogP contribution in [0.4, 0.5) is 22.7 Å². The van der Waals surface area contributed by atoms with Crippen molar-refractivity contribution in [1.82, 2.24) is 4.90 Å². The zero-order chi connectivity index (χ0) is 64.7. The molecule has 7 aromatic rings. The first-order valence-corrected chi connectivity index (χ1v) is 31.1. The van der Waals surface area contributed by atoms with Crippen molar-refractivity contribution in [3.8, 4) is 28.0 Å². The number of ether oxygens (including phenoxy) is 1. The van der Waals surface area contributed by atoms with Gasteiger partial charge in [-0.05, 0) is 214 Å². The van der Waals surface area contributed by atoms with Crippen LogP contribution in [0.15, 0.2) is 175 Å². The Kier molecular flexibility index (Phi) is 15.6. The van der Waals surface area contributed by atoms with Gasteiger partial charge in [0.05, 0.1) is 58.1 Å². The number of fused-ring (bicyclic) bond motifs is 2. The molecule has 9 amide bonds. The summed E-state index contributed by atoms with van der Waals surface area (Å²) < 4.78 is 5.71. The van der Waals surface area contributed by atoms with Crippen molar-refractivity contribution >= 4 is 81.9 Å². The minimum Gasteiger partial charge on any atom is -0.423 e. The van der Waals surface area contributed by atoms with E-state index in [4.69, 9.17) is 4.74 Å². The lowest BCUT2D eigenvalue weighted by Crippen LogP contribution is -2.35. The van der Waals surface area contributed by atoms with Gasteiger partial charge in [-0.1, -0.05) is 89.5 Å². The van der Waals surface area contributed by atoms with Gasteiger partial charge in [0.2, 0.25) is 47.3 Å². The Balaban J connectivity index is 0.769. The molecule has 8 atom stereocenters. The van der Waals surface area contributed by atoms with E-state index in [9.17, 15) is 47.9 Å². The molecule has 4 saturated heterocycles. The van der Waals surface area contributed by atoms with Gasteiger partial charge in [0, 0.05) is 31.1 Å². The first-order chi connectivity index (χ1) is 44.1. The highest BCUT2D eigenvalue weighted by atomic mass is 16.5. The first kappa shape index (κ1) is 60.4. The first-order valence-electron chi connectivity index (χ1n) is 31.1. The van der Waals surface area contributed by atoms with Crippen molar-refractivity contribution in [2.24, 2.45) is 47.3 Å². The minimum atomic E-state index is -0.808. The molecule has 0 aromatic heterocycles. The minimum absolute atomic E-state index is 0.0336. The molecular formula is C76H67N5O11. The molecule has 92 heavy (non-hydrogen) atoms. The summed E-state index contributed by atoms with van der Waals surface area (Å²) in [5.41, 5.74) is 11.9. The van der Waals surface area contributed by atoms with E-state index in [1.807, 2.05) is 65.0 Å². The number of nitrogens with zero attached hydrogens (tertiary/aromatic N) is 4. The number of rotatable bonds is 13. The fourth-order valence-electron chi connectivity index (χ4n) is 14.6. The lowest BCUT2D eigenvalue weighted by Gasteiger charge is -2.29. The molecule has 13 rings (SSSR count). The summed E-state index contributed by atoms with van der Waals surface area (Å²) in [7, 11) is 1.45. The maximum Gasteiger partial charge on any atom is 0.343 e. The molecule has 2 aliphatic carbocycles. The Morgan fingerprint density at radius 1 is 0.467 bits per heavy atom. The van der Waals surface area contributed by atoms with E-state index in [2.05, 4.69) is 29.6 Å². The number of imide groups is 4. The zero-order valence-electron chi connectivity index (χ0n) is 52.0. The molecule has 0 spiro atoms. The highest BCUT2D eigenvalue weighted by molar-refractivity contribution is 6.25. The molecule has 6 aliphatic rings. The average molecular weight is 1230 g/mol. The largest absolute Gasteiger partial charge is 0.423 e. The third-order valence-electron chi connectivity index (χ3n) is 19.8. The number of esters is 1. The molecule has 4 aliphatic heterocycles. The van der Waals surface area contributed by atoms with Crippen LogP contribution in [0, 0.1) is 75.0 Å². The van der Waals surface area contributed by atoms with E-state index in [0.29, 0.717) is 68.1 Å². The molecule has 7 aromatic carbocycles. The quantitative estimate of drug-likeness (QED) is 0.0497. The molecule has 16 heteroatoms. The van der Waals surface area contributed by atoms with E-state index in [0.717, 1.165) is 32.7 Å².